The van der Waals surface area contributed by atoms with Crippen molar-refractivity contribution in [2.75, 3.05) is 6.61 Å². The number of halogens is 1. The number of imidazole rings is 1. The van der Waals surface area contributed by atoms with Gasteiger partial charge >= 0.3 is 0 Å². The van der Waals surface area contributed by atoms with E-state index in [4.69, 9.17) is 4.74 Å². The summed E-state index contributed by atoms with van der Waals surface area (Å²) in [6.45, 7) is 3.56. The fourth-order valence-corrected chi connectivity index (χ4v) is 2.20. The third-order valence-electron chi connectivity index (χ3n) is 3.50. The zero-order chi connectivity index (χ0) is 14.9. The van der Waals surface area contributed by atoms with Crippen molar-refractivity contribution in [2.45, 2.75) is 45.3 Å². The van der Waals surface area contributed by atoms with Gasteiger partial charge in [0.1, 0.15) is 5.75 Å². The molecule has 1 atom stereocenters. The maximum atomic E-state index is 9.43. The Labute approximate surface area is 138 Å². The van der Waals surface area contributed by atoms with Crippen LogP contribution in [-0.2, 0) is 6.54 Å². The molecular formula is C17H25ClN2O2. The van der Waals surface area contributed by atoms with Crippen LogP contribution < -0.4 is 4.74 Å². The molecule has 0 amide bonds. The molecule has 1 heterocycles. The highest BCUT2D eigenvalue weighted by Crippen LogP contribution is 2.17. The fraction of sp³-hybridized carbons (Fsp3) is 0.471. The lowest BCUT2D eigenvalue weighted by atomic mass is 10.1. The first-order valence-corrected chi connectivity index (χ1v) is 7.62. The van der Waals surface area contributed by atoms with Crippen molar-refractivity contribution in [1.82, 2.24) is 9.55 Å². The quantitative estimate of drug-likeness (QED) is 0.709. The minimum absolute atomic E-state index is 0. The fourth-order valence-electron chi connectivity index (χ4n) is 2.20. The Morgan fingerprint density at radius 1 is 1.14 bits per heavy atom. The number of hydrogen-bond acceptors (Lipinski definition) is 3. The lowest BCUT2D eigenvalue weighted by Gasteiger charge is -2.08. The van der Waals surface area contributed by atoms with Crippen LogP contribution in [0.5, 0.6) is 5.75 Å². The molecule has 2 aromatic rings. The summed E-state index contributed by atoms with van der Waals surface area (Å²) in [4.78, 5) is 4.03. The summed E-state index contributed by atoms with van der Waals surface area (Å²) in [6, 6.07) is 7.65. The van der Waals surface area contributed by atoms with Gasteiger partial charge in [0.25, 0.3) is 0 Å². The van der Waals surface area contributed by atoms with Crippen LogP contribution in [-0.4, -0.2) is 21.3 Å². The van der Waals surface area contributed by atoms with Gasteiger partial charge in [0.15, 0.2) is 0 Å². The first-order chi connectivity index (χ1) is 10.3. The van der Waals surface area contributed by atoms with Gasteiger partial charge in [-0.25, -0.2) is 4.98 Å². The summed E-state index contributed by atoms with van der Waals surface area (Å²) in [5.41, 5.74) is 0.918. The molecule has 0 radical (unpaired) electrons. The van der Waals surface area contributed by atoms with Gasteiger partial charge in [0.05, 0.1) is 19.0 Å². The molecule has 0 aliphatic rings. The van der Waals surface area contributed by atoms with Gasteiger partial charge in [0.2, 0.25) is 0 Å². The number of aromatic nitrogens is 2. The molecular weight excluding hydrogens is 300 g/mol. The molecule has 1 aromatic carbocycles. The Morgan fingerprint density at radius 3 is 2.50 bits per heavy atom. The van der Waals surface area contributed by atoms with E-state index in [1.807, 2.05) is 43.0 Å². The van der Waals surface area contributed by atoms with Crippen molar-refractivity contribution in [3.63, 3.8) is 0 Å². The van der Waals surface area contributed by atoms with Gasteiger partial charge in [-0.1, -0.05) is 25.0 Å². The number of hydrogen-bond donors (Lipinski definition) is 1. The Balaban J connectivity index is 0.00000242. The molecule has 0 aliphatic carbocycles. The SMILES string of the molecule is CC(O)c1ccc(OCCCCCCn2ccnc2)cc1.Cl. The van der Waals surface area contributed by atoms with Crippen LogP contribution in [0.1, 0.15) is 44.3 Å². The van der Waals surface area contributed by atoms with E-state index in [1.54, 1.807) is 6.92 Å². The van der Waals surface area contributed by atoms with Gasteiger partial charge < -0.3 is 14.4 Å². The van der Waals surface area contributed by atoms with Crippen LogP contribution in [0.3, 0.4) is 0 Å². The zero-order valence-corrected chi connectivity index (χ0v) is 13.8. The maximum absolute atomic E-state index is 9.43. The van der Waals surface area contributed by atoms with Crippen LogP contribution in [0.25, 0.3) is 0 Å². The summed E-state index contributed by atoms with van der Waals surface area (Å²) >= 11 is 0. The number of nitrogens with zero attached hydrogens (tertiary/aromatic N) is 2. The number of unbranched alkanes of at least 4 members (excludes halogenated alkanes) is 3. The number of benzene rings is 1. The van der Waals surface area contributed by atoms with E-state index in [0.29, 0.717) is 0 Å². The standard InChI is InChI=1S/C17H24N2O2.ClH/c1-15(20)16-6-8-17(9-7-16)21-13-5-3-2-4-11-19-12-10-18-14-19;/h6-10,12,14-15,20H,2-5,11,13H2,1H3;1H. The van der Waals surface area contributed by atoms with E-state index >= 15 is 0 Å². The van der Waals surface area contributed by atoms with Gasteiger partial charge in [0, 0.05) is 18.9 Å². The predicted molar refractivity (Wildman–Crippen MR) is 90.5 cm³/mol. The summed E-state index contributed by atoms with van der Waals surface area (Å²) in [7, 11) is 0. The first-order valence-electron chi connectivity index (χ1n) is 7.62. The van der Waals surface area contributed by atoms with Crippen LogP contribution in [0.2, 0.25) is 0 Å². The summed E-state index contributed by atoms with van der Waals surface area (Å²) < 4.78 is 7.81. The third-order valence-corrected chi connectivity index (χ3v) is 3.50. The van der Waals surface area contributed by atoms with Gasteiger partial charge in [-0.2, -0.15) is 0 Å². The van der Waals surface area contributed by atoms with Crippen molar-refractivity contribution in [3.8, 4) is 5.75 Å². The smallest absolute Gasteiger partial charge is 0.119 e. The van der Waals surface area contributed by atoms with Crippen molar-refractivity contribution < 1.29 is 9.84 Å². The molecule has 0 aliphatic heterocycles. The molecule has 22 heavy (non-hydrogen) atoms. The molecule has 0 saturated carbocycles. The molecule has 5 heteroatoms. The summed E-state index contributed by atoms with van der Waals surface area (Å²) in [5, 5.41) is 9.43. The lowest BCUT2D eigenvalue weighted by Crippen LogP contribution is -1.99. The van der Waals surface area contributed by atoms with E-state index in [-0.39, 0.29) is 12.4 Å². The number of aliphatic hydroxyl groups excluding tert-OH is 1. The molecule has 1 N–H and O–H groups in total. The van der Waals surface area contributed by atoms with Crippen molar-refractivity contribution >= 4 is 12.4 Å². The molecule has 0 saturated heterocycles. The number of aryl methyl sites for hydroxylation is 1. The largest absolute Gasteiger partial charge is 0.494 e. The van der Waals surface area contributed by atoms with E-state index in [9.17, 15) is 5.11 Å². The van der Waals surface area contributed by atoms with Crippen LogP contribution >= 0.6 is 12.4 Å². The first kappa shape index (κ1) is 18.5. The van der Waals surface area contributed by atoms with Crippen molar-refractivity contribution in [3.05, 3.63) is 48.5 Å². The molecule has 0 fully saturated rings. The van der Waals surface area contributed by atoms with Gasteiger partial charge in [-0.3, -0.25) is 0 Å². The molecule has 2 rings (SSSR count). The predicted octanol–water partition coefficient (Wildman–Crippen LogP) is 4.00. The van der Waals surface area contributed by atoms with Gasteiger partial charge in [-0.15, -0.1) is 12.4 Å². The average molecular weight is 325 g/mol. The Kier molecular flexibility index (Phi) is 8.63. The summed E-state index contributed by atoms with van der Waals surface area (Å²) in [6.07, 6.45) is 9.90. The van der Waals surface area contributed by atoms with E-state index in [0.717, 1.165) is 30.9 Å². The highest BCUT2D eigenvalue weighted by atomic mass is 35.5. The number of ether oxygens (including phenoxy) is 1. The summed E-state index contributed by atoms with van der Waals surface area (Å²) in [5.74, 6) is 0.873. The van der Waals surface area contributed by atoms with E-state index in [1.165, 1.54) is 19.3 Å². The zero-order valence-electron chi connectivity index (χ0n) is 13.0. The van der Waals surface area contributed by atoms with E-state index < -0.39 is 6.10 Å². The van der Waals surface area contributed by atoms with Crippen LogP contribution in [0.4, 0.5) is 0 Å². The minimum atomic E-state index is -0.422. The van der Waals surface area contributed by atoms with E-state index in [2.05, 4.69) is 9.55 Å². The van der Waals surface area contributed by atoms with Gasteiger partial charge in [-0.05, 0) is 37.5 Å². The second kappa shape index (κ2) is 10.2. The lowest BCUT2D eigenvalue weighted by molar-refractivity contribution is 0.199. The number of rotatable bonds is 9. The Morgan fingerprint density at radius 2 is 1.86 bits per heavy atom. The highest BCUT2D eigenvalue weighted by molar-refractivity contribution is 5.85. The molecule has 0 bridgehead atoms. The minimum Gasteiger partial charge on any atom is -0.494 e. The third kappa shape index (κ3) is 6.50. The molecule has 0 spiro atoms. The molecule has 1 aromatic heterocycles. The van der Waals surface area contributed by atoms with Crippen LogP contribution in [0.15, 0.2) is 43.0 Å². The van der Waals surface area contributed by atoms with Crippen molar-refractivity contribution in [2.24, 2.45) is 0 Å². The molecule has 1 unspecified atom stereocenters. The van der Waals surface area contributed by atoms with Crippen LogP contribution in [0, 0.1) is 0 Å². The molecule has 4 nitrogen and oxygen atoms in total. The topological polar surface area (TPSA) is 47.3 Å². The second-order valence-electron chi connectivity index (χ2n) is 5.31. The molecule has 122 valence electrons. The normalized spacial score (nSPS) is 11.7. The van der Waals surface area contributed by atoms with Crippen molar-refractivity contribution in [1.29, 1.82) is 0 Å². The highest BCUT2D eigenvalue weighted by Gasteiger charge is 2.00. The average Bonchev–Trinajstić information content (AvgIpc) is 3.00. The maximum Gasteiger partial charge on any atom is 0.119 e. The Hall–Kier alpha value is -1.52. The monoisotopic (exact) mass is 324 g/mol. The second-order valence-corrected chi connectivity index (χ2v) is 5.31. The Bertz CT molecular complexity index is 498. The number of aliphatic hydroxyl groups is 1.